The molecule has 0 saturated heterocycles. The molecule has 0 aliphatic heterocycles. The molecule has 0 aliphatic rings. The number of carbonyl (C=O) groups is 1. The third-order valence-corrected chi connectivity index (χ3v) is 2.46. The molecule has 0 rings (SSSR count). The Labute approximate surface area is 119 Å². The first-order valence-electron chi connectivity index (χ1n) is 7.02. The van der Waals surface area contributed by atoms with E-state index in [0.29, 0.717) is 13.2 Å². The second-order valence-electron chi connectivity index (χ2n) is 5.12. The summed E-state index contributed by atoms with van der Waals surface area (Å²) in [5.41, 5.74) is 0. The molecule has 0 unspecified atom stereocenters. The summed E-state index contributed by atoms with van der Waals surface area (Å²) >= 11 is 0. The van der Waals surface area contributed by atoms with Crippen molar-refractivity contribution in [2.45, 2.75) is 52.7 Å². The van der Waals surface area contributed by atoms with Gasteiger partial charge in [0.1, 0.15) is 0 Å². The highest BCUT2D eigenvalue weighted by atomic mass is 19.3. The molecule has 4 nitrogen and oxygen atoms in total. The predicted molar refractivity (Wildman–Crippen MR) is 71.9 cm³/mol. The van der Waals surface area contributed by atoms with Crippen molar-refractivity contribution in [2.75, 3.05) is 26.4 Å². The van der Waals surface area contributed by atoms with E-state index in [1.165, 1.54) is 13.8 Å². The molecule has 0 heterocycles. The number of unbranched alkanes of at least 4 members (excludes halogenated alkanes) is 1. The van der Waals surface area contributed by atoms with E-state index in [0.717, 1.165) is 12.8 Å². The summed E-state index contributed by atoms with van der Waals surface area (Å²) in [4.78, 5) is 11.1. The lowest BCUT2D eigenvalue weighted by Crippen LogP contribution is -2.36. The van der Waals surface area contributed by atoms with E-state index < -0.39 is 17.8 Å². The van der Waals surface area contributed by atoms with Crippen LogP contribution in [0.1, 0.15) is 40.5 Å². The van der Waals surface area contributed by atoms with Crippen LogP contribution in [-0.4, -0.2) is 44.4 Å². The molecule has 0 radical (unpaired) electrons. The van der Waals surface area contributed by atoms with Gasteiger partial charge in [-0.25, -0.2) is 0 Å². The maximum Gasteiger partial charge on any atom is 0.416 e. The Bertz CT molecular complexity index is 268. The number of carbonyl (C=O) groups excluding carboxylic acids is 1. The zero-order chi connectivity index (χ0) is 15.6. The molecule has 0 fully saturated rings. The number of hydrogen-bond acceptors (Lipinski definition) is 4. The Morgan fingerprint density at radius 2 is 1.60 bits per heavy atom. The highest BCUT2D eigenvalue weighted by Crippen LogP contribution is 2.20. The molecule has 0 aliphatic carbocycles. The minimum atomic E-state index is -3.72. The lowest BCUT2D eigenvalue weighted by atomic mass is 10.1. The Kier molecular flexibility index (Phi) is 9.88. The van der Waals surface area contributed by atoms with Gasteiger partial charge < -0.3 is 14.2 Å². The van der Waals surface area contributed by atoms with Gasteiger partial charge in [0.2, 0.25) is 5.78 Å². The lowest BCUT2D eigenvalue weighted by Gasteiger charge is -2.17. The quantitative estimate of drug-likeness (QED) is 0.519. The number of halogens is 2. The van der Waals surface area contributed by atoms with E-state index in [1.807, 2.05) is 13.8 Å². The molecule has 0 saturated carbocycles. The minimum Gasteiger partial charge on any atom is -0.379 e. The number of ketones is 1. The Hall–Kier alpha value is -0.590. The van der Waals surface area contributed by atoms with E-state index in [-0.39, 0.29) is 19.3 Å². The van der Waals surface area contributed by atoms with Crippen molar-refractivity contribution >= 4 is 5.78 Å². The van der Waals surface area contributed by atoms with Crippen LogP contribution < -0.4 is 0 Å². The minimum absolute atomic E-state index is 0.0476. The number of hydrogen-bond donors (Lipinski definition) is 0. The van der Waals surface area contributed by atoms with Crippen molar-refractivity contribution in [2.24, 2.45) is 5.92 Å². The van der Waals surface area contributed by atoms with Crippen LogP contribution in [0.2, 0.25) is 0 Å². The fourth-order valence-electron chi connectivity index (χ4n) is 1.36. The summed E-state index contributed by atoms with van der Waals surface area (Å²) in [6, 6.07) is 0. The number of ether oxygens (including phenoxy) is 3. The Morgan fingerprint density at radius 1 is 1.00 bits per heavy atom. The summed E-state index contributed by atoms with van der Waals surface area (Å²) in [6.07, 6.45) is -1.84. The molecule has 0 N–H and O–H groups in total. The molecule has 0 atom stereocenters. The maximum atomic E-state index is 13.2. The third kappa shape index (κ3) is 9.34. The van der Waals surface area contributed by atoms with Gasteiger partial charge in [0.05, 0.1) is 19.3 Å². The highest BCUT2D eigenvalue weighted by Gasteiger charge is 2.41. The van der Waals surface area contributed by atoms with Gasteiger partial charge >= 0.3 is 6.11 Å². The molecule has 0 aromatic rings. The van der Waals surface area contributed by atoms with Crippen molar-refractivity contribution in [3.8, 4) is 0 Å². The lowest BCUT2D eigenvalue weighted by molar-refractivity contribution is -0.235. The molecule has 0 spiro atoms. The third-order valence-electron chi connectivity index (χ3n) is 2.46. The van der Waals surface area contributed by atoms with Crippen molar-refractivity contribution in [3.05, 3.63) is 0 Å². The van der Waals surface area contributed by atoms with E-state index in [4.69, 9.17) is 9.47 Å². The number of rotatable bonds is 12. The SMILES string of the molecule is CC(C)OCCCCOCCOC(F)(F)C(=O)C(C)C. The van der Waals surface area contributed by atoms with E-state index in [9.17, 15) is 13.6 Å². The van der Waals surface area contributed by atoms with Gasteiger partial charge in [-0.1, -0.05) is 13.8 Å². The van der Waals surface area contributed by atoms with E-state index in [2.05, 4.69) is 4.74 Å². The largest absolute Gasteiger partial charge is 0.416 e. The van der Waals surface area contributed by atoms with Crippen molar-refractivity contribution < 1.29 is 27.8 Å². The molecule has 0 aromatic carbocycles. The van der Waals surface area contributed by atoms with Crippen molar-refractivity contribution in [1.82, 2.24) is 0 Å². The highest BCUT2D eigenvalue weighted by molar-refractivity contribution is 5.85. The molecule has 0 aromatic heterocycles. The zero-order valence-electron chi connectivity index (χ0n) is 12.8. The first-order valence-corrected chi connectivity index (χ1v) is 7.02. The zero-order valence-corrected chi connectivity index (χ0v) is 12.8. The molecule has 0 bridgehead atoms. The van der Waals surface area contributed by atoms with Crippen LogP contribution in [0.5, 0.6) is 0 Å². The predicted octanol–water partition coefficient (Wildman–Crippen LogP) is 3.04. The van der Waals surface area contributed by atoms with Gasteiger partial charge in [-0.15, -0.1) is 0 Å². The van der Waals surface area contributed by atoms with Gasteiger partial charge in [0, 0.05) is 19.1 Å². The topological polar surface area (TPSA) is 44.8 Å². The summed E-state index contributed by atoms with van der Waals surface area (Å²) in [5, 5.41) is 0. The Morgan fingerprint density at radius 3 is 2.15 bits per heavy atom. The maximum absolute atomic E-state index is 13.2. The second kappa shape index (κ2) is 10.2. The first-order chi connectivity index (χ1) is 9.27. The van der Waals surface area contributed by atoms with Crippen molar-refractivity contribution in [1.29, 1.82) is 0 Å². The summed E-state index contributed by atoms with van der Waals surface area (Å²) in [7, 11) is 0. The van der Waals surface area contributed by atoms with Gasteiger partial charge in [-0.2, -0.15) is 8.78 Å². The Balaban J connectivity index is 3.50. The van der Waals surface area contributed by atoms with E-state index in [1.54, 1.807) is 0 Å². The fraction of sp³-hybridized carbons (Fsp3) is 0.929. The molecule has 0 amide bonds. The fourth-order valence-corrected chi connectivity index (χ4v) is 1.36. The average molecular weight is 296 g/mol. The van der Waals surface area contributed by atoms with Crippen molar-refractivity contribution in [3.63, 3.8) is 0 Å². The molecule has 120 valence electrons. The van der Waals surface area contributed by atoms with Crippen LogP contribution >= 0.6 is 0 Å². The summed E-state index contributed by atoms with van der Waals surface area (Å²) in [5.74, 6) is -1.96. The van der Waals surface area contributed by atoms with Gasteiger partial charge in [0.25, 0.3) is 0 Å². The summed E-state index contributed by atoms with van der Waals surface area (Å²) < 4.78 is 41.1. The monoisotopic (exact) mass is 296 g/mol. The molecule has 6 heteroatoms. The van der Waals surface area contributed by atoms with Gasteiger partial charge in [-0.05, 0) is 26.7 Å². The normalized spacial score (nSPS) is 12.4. The van der Waals surface area contributed by atoms with Crippen LogP contribution in [0, 0.1) is 5.92 Å². The van der Waals surface area contributed by atoms with Crippen LogP contribution in [0.4, 0.5) is 8.78 Å². The first kappa shape index (κ1) is 19.4. The molecular weight excluding hydrogens is 270 g/mol. The van der Waals surface area contributed by atoms with Crippen LogP contribution in [0.15, 0.2) is 0 Å². The van der Waals surface area contributed by atoms with Gasteiger partial charge in [0.15, 0.2) is 0 Å². The number of alkyl halides is 2. The van der Waals surface area contributed by atoms with Crippen LogP contribution in [0.25, 0.3) is 0 Å². The average Bonchev–Trinajstić information content (AvgIpc) is 2.35. The molecular formula is C14H26F2O4. The van der Waals surface area contributed by atoms with Crippen LogP contribution in [0.3, 0.4) is 0 Å². The van der Waals surface area contributed by atoms with E-state index >= 15 is 0 Å². The molecule has 20 heavy (non-hydrogen) atoms. The number of Topliss-reactive ketones (excluding diaryl/α,β-unsaturated/α-hetero) is 1. The second-order valence-corrected chi connectivity index (χ2v) is 5.12. The summed E-state index contributed by atoms with van der Waals surface area (Å²) in [6.45, 7) is 7.64. The smallest absolute Gasteiger partial charge is 0.379 e. The van der Waals surface area contributed by atoms with Gasteiger partial charge in [-0.3, -0.25) is 4.79 Å². The standard InChI is InChI=1S/C14H26F2O4/c1-11(2)13(17)14(15,16)20-10-9-18-7-5-6-8-19-12(3)4/h11-12H,5-10H2,1-4H3. The van der Waals surface area contributed by atoms with Crippen LogP contribution in [-0.2, 0) is 19.0 Å².